The minimum absolute atomic E-state index is 0.904. The average molecular weight is 254 g/mol. The largest absolute Gasteiger partial charge is 0.473 e. The molecule has 1 aromatic heterocycles. The molecule has 1 aliphatic rings. The van der Waals surface area contributed by atoms with Crippen LogP contribution in [0.15, 0.2) is 23.1 Å². The molecule has 7 heteroatoms. The van der Waals surface area contributed by atoms with Gasteiger partial charge in [0.2, 0.25) is 0 Å². The van der Waals surface area contributed by atoms with E-state index < -0.39 is 11.9 Å². The molecule has 1 aliphatic heterocycles. The normalized spacial score (nSPS) is 15.3. The van der Waals surface area contributed by atoms with Gasteiger partial charge in [-0.2, -0.15) is 0 Å². The number of hydrogen-bond donors (Lipinski definition) is 2. The monoisotopic (exact) mass is 254 g/mol. The van der Waals surface area contributed by atoms with E-state index in [1.165, 1.54) is 12.0 Å². The lowest BCUT2D eigenvalue weighted by atomic mass is 10.1. The van der Waals surface area contributed by atoms with Crippen molar-refractivity contribution in [1.82, 2.24) is 9.88 Å². The smallest absolute Gasteiger partial charge is 0.414 e. The van der Waals surface area contributed by atoms with Crippen molar-refractivity contribution in [2.45, 2.75) is 6.42 Å². The highest BCUT2D eigenvalue weighted by molar-refractivity contribution is 6.27. The van der Waals surface area contributed by atoms with Crippen LogP contribution in [-0.4, -0.2) is 52.2 Å². The third-order valence-electron chi connectivity index (χ3n) is 2.27. The van der Waals surface area contributed by atoms with E-state index in [4.69, 9.17) is 24.2 Å². The van der Waals surface area contributed by atoms with Crippen LogP contribution in [0.1, 0.15) is 12.2 Å². The van der Waals surface area contributed by atoms with E-state index in [0.717, 1.165) is 25.3 Å². The Labute approximate surface area is 103 Å². The summed E-state index contributed by atoms with van der Waals surface area (Å²) in [4.78, 5) is 24.4. The molecule has 0 amide bonds. The molecule has 0 bridgehead atoms. The summed E-state index contributed by atoms with van der Waals surface area (Å²) in [7, 11) is 2.11. The second-order valence-corrected chi connectivity index (χ2v) is 3.73. The maximum Gasteiger partial charge on any atom is 0.414 e. The Bertz CT molecular complexity index is 426. The molecule has 0 saturated heterocycles. The third-order valence-corrected chi connectivity index (χ3v) is 2.27. The number of carboxylic acid groups (broad SMARTS) is 2. The second-order valence-electron chi connectivity index (χ2n) is 3.73. The van der Waals surface area contributed by atoms with E-state index in [1.54, 1.807) is 6.20 Å². The molecule has 0 atom stereocenters. The Morgan fingerprint density at radius 3 is 2.50 bits per heavy atom. The average Bonchev–Trinajstić information content (AvgIpc) is 2.83. The van der Waals surface area contributed by atoms with Crippen LogP contribution in [0.2, 0.25) is 0 Å². The molecule has 2 heterocycles. The van der Waals surface area contributed by atoms with Gasteiger partial charge < -0.3 is 19.5 Å². The SMILES string of the molecule is CN1CCC=C(c2cnco2)C1.O=C(O)C(=O)O. The van der Waals surface area contributed by atoms with Gasteiger partial charge in [-0.25, -0.2) is 14.6 Å². The Kier molecular flexibility index (Phi) is 5.06. The number of carboxylic acids is 2. The van der Waals surface area contributed by atoms with Gasteiger partial charge in [-0.1, -0.05) is 6.08 Å². The Morgan fingerprint density at radius 1 is 1.39 bits per heavy atom. The molecule has 0 aliphatic carbocycles. The second kappa shape index (κ2) is 6.55. The van der Waals surface area contributed by atoms with E-state index in [2.05, 4.69) is 23.0 Å². The van der Waals surface area contributed by atoms with Crippen molar-refractivity contribution in [3.8, 4) is 0 Å². The molecule has 0 saturated carbocycles. The zero-order valence-corrected chi connectivity index (χ0v) is 9.87. The van der Waals surface area contributed by atoms with Gasteiger partial charge >= 0.3 is 11.9 Å². The van der Waals surface area contributed by atoms with E-state index in [1.807, 2.05) is 0 Å². The Hall–Kier alpha value is -2.15. The lowest BCUT2D eigenvalue weighted by Crippen LogP contribution is -2.24. The molecule has 0 radical (unpaired) electrons. The van der Waals surface area contributed by atoms with Crippen molar-refractivity contribution in [2.24, 2.45) is 0 Å². The molecule has 7 nitrogen and oxygen atoms in total. The summed E-state index contributed by atoms with van der Waals surface area (Å²) < 4.78 is 5.22. The minimum atomic E-state index is -1.82. The lowest BCUT2D eigenvalue weighted by molar-refractivity contribution is -0.159. The first-order chi connectivity index (χ1) is 8.50. The fourth-order valence-electron chi connectivity index (χ4n) is 1.45. The van der Waals surface area contributed by atoms with Crippen LogP contribution < -0.4 is 0 Å². The van der Waals surface area contributed by atoms with Crippen LogP contribution in [0, 0.1) is 0 Å². The zero-order chi connectivity index (χ0) is 13.5. The van der Waals surface area contributed by atoms with E-state index in [0.29, 0.717) is 0 Å². The maximum absolute atomic E-state index is 9.10. The fraction of sp³-hybridized carbons (Fsp3) is 0.364. The van der Waals surface area contributed by atoms with Crippen molar-refractivity contribution < 1.29 is 24.2 Å². The molecular formula is C11H14N2O5. The van der Waals surface area contributed by atoms with Crippen molar-refractivity contribution in [3.63, 3.8) is 0 Å². The number of rotatable bonds is 1. The van der Waals surface area contributed by atoms with Gasteiger partial charge in [0.05, 0.1) is 6.20 Å². The molecule has 1 aromatic rings. The summed E-state index contributed by atoms with van der Waals surface area (Å²) in [6.07, 6.45) is 6.57. The van der Waals surface area contributed by atoms with Crippen molar-refractivity contribution in [1.29, 1.82) is 0 Å². The topological polar surface area (TPSA) is 104 Å². The minimum Gasteiger partial charge on any atom is -0.473 e. The number of carbonyl (C=O) groups is 2. The number of oxazole rings is 1. The molecule has 98 valence electrons. The van der Waals surface area contributed by atoms with Gasteiger partial charge in [-0.05, 0) is 13.5 Å². The standard InChI is InChI=1S/C9H12N2O.C2H2O4/c1-11-4-2-3-8(6-11)9-5-10-7-12-9;3-1(4)2(5)6/h3,5,7H,2,4,6H2,1H3;(H,3,4)(H,5,6). The first-order valence-corrected chi connectivity index (χ1v) is 5.23. The molecular weight excluding hydrogens is 240 g/mol. The van der Waals surface area contributed by atoms with Crippen LogP contribution in [-0.2, 0) is 9.59 Å². The molecule has 2 rings (SSSR count). The predicted molar refractivity (Wildman–Crippen MR) is 61.9 cm³/mol. The molecule has 2 N–H and O–H groups in total. The van der Waals surface area contributed by atoms with E-state index in [9.17, 15) is 0 Å². The van der Waals surface area contributed by atoms with E-state index in [-0.39, 0.29) is 0 Å². The van der Waals surface area contributed by atoms with Gasteiger partial charge in [0.25, 0.3) is 0 Å². The van der Waals surface area contributed by atoms with Crippen molar-refractivity contribution in [3.05, 3.63) is 24.4 Å². The van der Waals surface area contributed by atoms with Gasteiger partial charge in [-0.15, -0.1) is 0 Å². The molecule has 0 fully saturated rings. The lowest BCUT2D eigenvalue weighted by Gasteiger charge is -2.21. The fourth-order valence-corrected chi connectivity index (χ4v) is 1.45. The van der Waals surface area contributed by atoms with Gasteiger partial charge in [0.15, 0.2) is 12.2 Å². The summed E-state index contributed by atoms with van der Waals surface area (Å²) in [5, 5.41) is 14.8. The number of likely N-dealkylation sites (N-methyl/N-ethyl adjacent to an activating group) is 1. The van der Waals surface area contributed by atoms with Gasteiger partial charge in [0.1, 0.15) is 0 Å². The maximum atomic E-state index is 9.10. The quantitative estimate of drug-likeness (QED) is 0.705. The van der Waals surface area contributed by atoms with Gasteiger partial charge in [0, 0.05) is 18.7 Å². The molecule has 0 unspecified atom stereocenters. The first-order valence-electron chi connectivity index (χ1n) is 5.23. The van der Waals surface area contributed by atoms with Crippen LogP contribution in [0.4, 0.5) is 0 Å². The molecule has 0 spiro atoms. The Morgan fingerprint density at radius 2 is 2.06 bits per heavy atom. The summed E-state index contributed by atoms with van der Waals surface area (Å²) in [6, 6.07) is 0. The first kappa shape index (κ1) is 13.9. The van der Waals surface area contributed by atoms with Crippen molar-refractivity contribution in [2.75, 3.05) is 20.1 Å². The summed E-state index contributed by atoms with van der Waals surface area (Å²) in [6.45, 7) is 2.10. The summed E-state index contributed by atoms with van der Waals surface area (Å²) >= 11 is 0. The van der Waals surface area contributed by atoms with Crippen LogP contribution in [0.5, 0.6) is 0 Å². The number of aliphatic carboxylic acids is 2. The third kappa shape index (κ3) is 4.38. The van der Waals surface area contributed by atoms with Crippen LogP contribution in [0.25, 0.3) is 5.57 Å². The highest BCUT2D eigenvalue weighted by Crippen LogP contribution is 2.18. The van der Waals surface area contributed by atoms with Crippen molar-refractivity contribution >= 4 is 17.5 Å². The number of aromatic nitrogens is 1. The van der Waals surface area contributed by atoms with E-state index >= 15 is 0 Å². The van der Waals surface area contributed by atoms with Crippen LogP contribution in [0.3, 0.4) is 0 Å². The zero-order valence-electron chi connectivity index (χ0n) is 9.87. The highest BCUT2D eigenvalue weighted by atomic mass is 16.4. The molecule has 18 heavy (non-hydrogen) atoms. The van der Waals surface area contributed by atoms with Gasteiger partial charge in [-0.3, -0.25) is 0 Å². The summed E-state index contributed by atoms with van der Waals surface area (Å²) in [5.74, 6) is -2.74. The summed E-state index contributed by atoms with van der Waals surface area (Å²) in [5.41, 5.74) is 1.25. The highest BCUT2D eigenvalue weighted by Gasteiger charge is 2.11. The number of hydrogen-bond acceptors (Lipinski definition) is 5. The Balaban J connectivity index is 0.000000232. The number of nitrogens with zero attached hydrogens (tertiary/aromatic N) is 2. The predicted octanol–water partition coefficient (Wildman–Crippen LogP) is 0.549. The molecule has 0 aromatic carbocycles. The van der Waals surface area contributed by atoms with Crippen LogP contribution >= 0.6 is 0 Å².